The summed E-state index contributed by atoms with van der Waals surface area (Å²) in [5, 5.41) is 7.04. The van der Waals surface area contributed by atoms with E-state index < -0.39 is 0 Å². The topological polar surface area (TPSA) is 50.4 Å². The Kier molecular flexibility index (Phi) is 10.0. The molecular formula is C28H39IN2O2. The van der Waals surface area contributed by atoms with Crippen molar-refractivity contribution in [2.24, 2.45) is 0 Å². The number of piperidine rings is 1. The van der Waals surface area contributed by atoms with Crippen LogP contribution in [0.15, 0.2) is 30.3 Å². The van der Waals surface area contributed by atoms with Crippen molar-refractivity contribution in [3.05, 3.63) is 63.7 Å². The monoisotopic (exact) mass is 562 g/mol. The van der Waals surface area contributed by atoms with Gasteiger partial charge in [-0.1, -0.05) is 41.1 Å². The van der Waals surface area contributed by atoms with E-state index in [1.807, 2.05) is 18.2 Å². The van der Waals surface area contributed by atoms with E-state index in [0.29, 0.717) is 0 Å². The molecule has 3 rings (SSSR count). The van der Waals surface area contributed by atoms with E-state index >= 15 is 0 Å². The summed E-state index contributed by atoms with van der Waals surface area (Å²) in [7, 11) is 0. The van der Waals surface area contributed by atoms with Crippen molar-refractivity contribution in [3.8, 4) is 5.75 Å². The number of ether oxygens (including phenoxy) is 1. The molecule has 2 atom stereocenters. The Morgan fingerprint density at radius 2 is 1.91 bits per heavy atom. The summed E-state index contributed by atoms with van der Waals surface area (Å²) in [5.41, 5.74) is 6.85. The van der Waals surface area contributed by atoms with Gasteiger partial charge in [-0.2, -0.15) is 0 Å². The molecule has 2 N–H and O–H groups in total. The number of aryl methyl sites for hydroxylation is 2. The van der Waals surface area contributed by atoms with Crippen LogP contribution in [0.5, 0.6) is 5.75 Å². The number of carbonyl (C=O) groups is 1. The molecular weight excluding hydrogens is 523 g/mol. The molecule has 5 heteroatoms. The molecule has 0 radical (unpaired) electrons. The lowest BCUT2D eigenvalue weighted by Gasteiger charge is -2.33. The lowest BCUT2D eigenvalue weighted by Crippen LogP contribution is -2.52. The van der Waals surface area contributed by atoms with Crippen molar-refractivity contribution >= 4 is 28.5 Å². The summed E-state index contributed by atoms with van der Waals surface area (Å²) in [6.45, 7) is 10.2. The first-order valence-electron chi connectivity index (χ1n) is 12.3. The molecule has 1 saturated heterocycles. The Morgan fingerprint density at radius 1 is 1.09 bits per heavy atom. The fourth-order valence-corrected chi connectivity index (χ4v) is 5.03. The SMILES string of the molecule is Cc1ccc(C(=O)NC(Cc2ccc(OCCCCI)c(C)c2C)C2CCCCN2)cc1C. The molecule has 1 aliphatic heterocycles. The van der Waals surface area contributed by atoms with E-state index in [9.17, 15) is 4.79 Å². The molecule has 2 unspecified atom stereocenters. The Morgan fingerprint density at radius 3 is 2.61 bits per heavy atom. The van der Waals surface area contributed by atoms with Gasteiger partial charge in [-0.25, -0.2) is 0 Å². The molecule has 1 aliphatic rings. The number of alkyl halides is 1. The summed E-state index contributed by atoms with van der Waals surface area (Å²) in [6.07, 6.45) is 6.59. The molecule has 0 aromatic heterocycles. The fourth-order valence-electron chi connectivity index (χ4n) is 4.50. The number of nitrogens with one attached hydrogen (secondary N) is 2. The van der Waals surface area contributed by atoms with Crippen LogP contribution < -0.4 is 15.4 Å². The van der Waals surface area contributed by atoms with E-state index in [1.54, 1.807) is 0 Å². The van der Waals surface area contributed by atoms with Crippen LogP contribution in [0.25, 0.3) is 0 Å². The number of halogens is 1. The molecule has 1 amide bonds. The number of hydrogen-bond acceptors (Lipinski definition) is 3. The highest BCUT2D eigenvalue weighted by Crippen LogP contribution is 2.27. The fraction of sp³-hybridized carbons (Fsp3) is 0.536. The predicted octanol–water partition coefficient (Wildman–Crippen LogP) is 6.00. The third kappa shape index (κ3) is 7.19. The maximum atomic E-state index is 13.2. The van der Waals surface area contributed by atoms with Gasteiger partial charge in [-0.3, -0.25) is 4.79 Å². The van der Waals surface area contributed by atoms with Gasteiger partial charge < -0.3 is 15.4 Å². The number of carbonyl (C=O) groups excluding carboxylic acids is 1. The quantitative estimate of drug-likeness (QED) is 0.212. The van der Waals surface area contributed by atoms with Crippen molar-refractivity contribution < 1.29 is 9.53 Å². The normalized spacial score (nSPS) is 16.9. The lowest BCUT2D eigenvalue weighted by molar-refractivity contribution is 0.0923. The van der Waals surface area contributed by atoms with Gasteiger partial charge in [0.15, 0.2) is 0 Å². The standard InChI is InChI=1S/C28H39IN2O2/c1-19-10-11-24(17-20(19)2)28(32)31-26(25-9-5-7-15-30-25)18-23-12-13-27(22(4)21(23)3)33-16-8-6-14-29/h10-13,17,25-26,30H,5-9,14-16,18H2,1-4H3,(H,31,32). The van der Waals surface area contributed by atoms with Gasteiger partial charge in [0.05, 0.1) is 6.61 Å². The molecule has 4 nitrogen and oxygen atoms in total. The third-order valence-corrected chi connectivity index (χ3v) is 7.76. The first-order chi connectivity index (χ1) is 15.9. The first-order valence-corrected chi connectivity index (χ1v) is 13.8. The highest BCUT2D eigenvalue weighted by atomic mass is 127. The van der Waals surface area contributed by atoms with Gasteiger partial charge in [0.25, 0.3) is 5.91 Å². The number of rotatable bonds is 10. The lowest BCUT2D eigenvalue weighted by atomic mass is 9.90. The van der Waals surface area contributed by atoms with Crippen molar-refractivity contribution in [2.45, 2.75) is 78.3 Å². The highest BCUT2D eigenvalue weighted by molar-refractivity contribution is 14.1. The van der Waals surface area contributed by atoms with Crippen LogP contribution in [-0.4, -0.2) is 35.6 Å². The summed E-state index contributed by atoms with van der Waals surface area (Å²) in [5.74, 6) is 0.997. The van der Waals surface area contributed by atoms with Crippen LogP contribution in [0, 0.1) is 27.7 Å². The predicted molar refractivity (Wildman–Crippen MR) is 146 cm³/mol. The van der Waals surface area contributed by atoms with Crippen LogP contribution in [0.1, 0.15) is 70.3 Å². The summed E-state index contributed by atoms with van der Waals surface area (Å²) >= 11 is 2.41. The molecule has 0 saturated carbocycles. The molecule has 0 bridgehead atoms. The molecule has 0 spiro atoms. The van der Waals surface area contributed by atoms with Gasteiger partial charge in [-0.15, -0.1) is 0 Å². The second-order valence-electron chi connectivity index (χ2n) is 9.36. The van der Waals surface area contributed by atoms with Gasteiger partial charge in [0.1, 0.15) is 5.75 Å². The summed E-state index contributed by atoms with van der Waals surface area (Å²) in [6, 6.07) is 10.6. The number of amides is 1. The number of benzene rings is 2. The zero-order valence-electron chi connectivity index (χ0n) is 20.6. The molecule has 180 valence electrons. The Labute approximate surface area is 213 Å². The zero-order chi connectivity index (χ0) is 23.8. The minimum Gasteiger partial charge on any atom is -0.493 e. The van der Waals surface area contributed by atoms with Crippen molar-refractivity contribution in [1.29, 1.82) is 0 Å². The molecule has 0 aliphatic carbocycles. The maximum absolute atomic E-state index is 13.2. The molecule has 1 fully saturated rings. The second kappa shape index (κ2) is 12.7. The summed E-state index contributed by atoms with van der Waals surface area (Å²) < 4.78 is 7.22. The Bertz CT molecular complexity index is 938. The van der Waals surface area contributed by atoms with Gasteiger partial charge in [0, 0.05) is 17.6 Å². The molecule has 2 aromatic carbocycles. The smallest absolute Gasteiger partial charge is 0.251 e. The second-order valence-corrected chi connectivity index (χ2v) is 10.4. The highest BCUT2D eigenvalue weighted by Gasteiger charge is 2.26. The van der Waals surface area contributed by atoms with E-state index in [-0.39, 0.29) is 18.0 Å². The Hall–Kier alpha value is -1.60. The van der Waals surface area contributed by atoms with Crippen LogP contribution >= 0.6 is 22.6 Å². The van der Waals surface area contributed by atoms with E-state index in [2.05, 4.69) is 73.1 Å². The van der Waals surface area contributed by atoms with Crippen molar-refractivity contribution in [3.63, 3.8) is 0 Å². The third-order valence-electron chi connectivity index (χ3n) is 6.99. The summed E-state index contributed by atoms with van der Waals surface area (Å²) in [4.78, 5) is 13.2. The Balaban J connectivity index is 1.76. The molecule has 1 heterocycles. The number of unbranched alkanes of at least 4 members (excludes halogenated alkanes) is 1. The van der Waals surface area contributed by atoms with Crippen LogP contribution in [0.3, 0.4) is 0 Å². The number of hydrogen-bond donors (Lipinski definition) is 2. The minimum absolute atomic E-state index is 0.0139. The van der Waals surface area contributed by atoms with Gasteiger partial charge >= 0.3 is 0 Å². The molecule has 33 heavy (non-hydrogen) atoms. The average Bonchev–Trinajstić information content (AvgIpc) is 2.82. The minimum atomic E-state index is 0.0139. The first kappa shape index (κ1) is 26.0. The van der Waals surface area contributed by atoms with Crippen LogP contribution in [-0.2, 0) is 6.42 Å². The molecule has 2 aromatic rings. The largest absolute Gasteiger partial charge is 0.493 e. The average molecular weight is 563 g/mol. The van der Waals surface area contributed by atoms with E-state index in [4.69, 9.17) is 4.74 Å². The zero-order valence-corrected chi connectivity index (χ0v) is 22.8. The van der Waals surface area contributed by atoms with Crippen molar-refractivity contribution in [1.82, 2.24) is 10.6 Å². The van der Waals surface area contributed by atoms with Crippen molar-refractivity contribution in [2.75, 3.05) is 17.6 Å². The van der Waals surface area contributed by atoms with Gasteiger partial charge in [-0.05, 0) is 117 Å². The maximum Gasteiger partial charge on any atom is 0.251 e. The van der Waals surface area contributed by atoms with E-state index in [0.717, 1.165) is 49.3 Å². The van der Waals surface area contributed by atoms with Gasteiger partial charge in [0.2, 0.25) is 0 Å². The van der Waals surface area contributed by atoms with E-state index in [1.165, 1.54) is 45.9 Å². The van der Waals surface area contributed by atoms with Crippen LogP contribution in [0.2, 0.25) is 0 Å². The van der Waals surface area contributed by atoms with Crippen LogP contribution in [0.4, 0.5) is 0 Å².